The van der Waals surface area contributed by atoms with Crippen molar-refractivity contribution < 1.29 is 18.7 Å². The lowest BCUT2D eigenvalue weighted by atomic mass is 10.1. The van der Waals surface area contributed by atoms with Crippen molar-refractivity contribution in [3.05, 3.63) is 58.5 Å². The number of furan rings is 1. The standard InChI is InChI=1S/C16H16ClNO4/c1-10-6-7-14(22-10)16(20)21-9-15(19)18-11(2)12-4-3-5-13(17)8-12/h3-8,11H,9H2,1-2H3,(H,18,19). The van der Waals surface area contributed by atoms with Crippen LogP contribution < -0.4 is 5.32 Å². The van der Waals surface area contributed by atoms with E-state index in [1.165, 1.54) is 6.07 Å². The van der Waals surface area contributed by atoms with Gasteiger partial charge in [0, 0.05) is 5.02 Å². The second kappa shape index (κ2) is 7.13. The Morgan fingerprint density at radius 2 is 2.09 bits per heavy atom. The molecule has 0 bridgehead atoms. The van der Waals surface area contributed by atoms with Crippen LogP contribution in [0.3, 0.4) is 0 Å². The van der Waals surface area contributed by atoms with Crippen LogP contribution in [-0.4, -0.2) is 18.5 Å². The number of amides is 1. The van der Waals surface area contributed by atoms with E-state index in [9.17, 15) is 9.59 Å². The Balaban J connectivity index is 1.84. The Morgan fingerprint density at radius 3 is 2.73 bits per heavy atom. The largest absolute Gasteiger partial charge is 0.454 e. The summed E-state index contributed by atoms with van der Waals surface area (Å²) in [5, 5.41) is 3.33. The molecule has 0 aliphatic rings. The molecule has 0 aliphatic heterocycles. The van der Waals surface area contributed by atoms with E-state index < -0.39 is 11.9 Å². The second-order valence-electron chi connectivity index (χ2n) is 4.83. The summed E-state index contributed by atoms with van der Waals surface area (Å²) in [5.41, 5.74) is 0.869. The number of hydrogen-bond donors (Lipinski definition) is 1. The van der Waals surface area contributed by atoms with Gasteiger partial charge in [0.25, 0.3) is 5.91 Å². The summed E-state index contributed by atoms with van der Waals surface area (Å²) in [4.78, 5) is 23.5. The first-order valence-corrected chi connectivity index (χ1v) is 7.12. The molecule has 0 aliphatic carbocycles. The zero-order valence-corrected chi connectivity index (χ0v) is 13.0. The fourth-order valence-corrected chi connectivity index (χ4v) is 2.09. The van der Waals surface area contributed by atoms with Gasteiger partial charge in [-0.15, -0.1) is 0 Å². The van der Waals surface area contributed by atoms with Crippen LogP contribution in [0, 0.1) is 6.92 Å². The number of ether oxygens (including phenoxy) is 1. The normalized spacial score (nSPS) is 11.8. The zero-order chi connectivity index (χ0) is 16.1. The fourth-order valence-electron chi connectivity index (χ4n) is 1.89. The first-order valence-electron chi connectivity index (χ1n) is 6.74. The van der Waals surface area contributed by atoms with Gasteiger partial charge in [-0.2, -0.15) is 0 Å². The molecule has 0 radical (unpaired) electrons. The SMILES string of the molecule is Cc1ccc(C(=O)OCC(=O)NC(C)c2cccc(Cl)c2)o1. The topological polar surface area (TPSA) is 68.5 Å². The molecule has 1 aromatic carbocycles. The van der Waals surface area contributed by atoms with E-state index in [4.69, 9.17) is 20.8 Å². The van der Waals surface area contributed by atoms with Crippen molar-refractivity contribution in [2.24, 2.45) is 0 Å². The molecule has 0 fully saturated rings. The average Bonchev–Trinajstić information content (AvgIpc) is 2.91. The number of esters is 1. The molecular formula is C16H16ClNO4. The van der Waals surface area contributed by atoms with E-state index in [-0.39, 0.29) is 18.4 Å². The second-order valence-corrected chi connectivity index (χ2v) is 5.27. The highest BCUT2D eigenvalue weighted by atomic mass is 35.5. The smallest absolute Gasteiger partial charge is 0.374 e. The molecule has 5 nitrogen and oxygen atoms in total. The molecule has 1 heterocycles. The Labute approximate surface area is 133 Å². The number of rotatable bonds is 5. The molecular weight excluding hydrogens is 306 g/mol. The van der Waals surface area contributed by atoms with Crippen LogP contribution in [0.15, 0.2) is 40.8 Å². The number of hydrogen-bond acceptors (Lipinski definition) is 4. The van der Waals surface area contributed by atoms with Crippen molar-refractivity contribution in [2.45, 2.75) is 19.9 Å². The van der Waals surface area contributed by atoms with Gasteiger partial charge in [0.05, 0.1) is 6.04 Å². The van der Waals surface area contributed by atoms with Crippen LogP contribution in [0.25, 0.3) is 0 Å². The van der Waals surface area contributed by atoms with Crippen LogP contribution in [-0.2, 0) is 9.53 Å². The first-order chi connectivity index (χ1) is 10.5. The molecule has 1 N–H and O–H groups in total. The fraction of sp³-hybridized carbons (Fsp3) is 0.250. The highest BCUT2D eigenvalue weighted by Gasteiger charge is 2.15. The molecule has 0 spiro atoms. The number of halogens is 1. The molecule has 2 rings (SSSR count). The van der Waals surface area contributed by atoms with Crippen molar-refractivity contribution in [3.8, 4) is 0 Å². The summed E-state index contributed by atoms with van der Waals surface area (Å²) in [6.07, 6.45) is 0. The lowest BCUT2D eigenvalue weighted by molar-refractivity contribution is -0.124. The van der Waals surface area contributed by atoms with Gasteiger partial charge in [-0.05, 0) is 43.7 Å². The summed E-state index contributed by atoms with van der Waals surface area (Å²) >= 11 is 5.91. The van der Waals surface area contributed by atoms with E-state index >= 15 is 0 Å². The molecule has 1 amide bonds. The van der Waals surface area contributed by atoms with Crippen molar-refractivity contribution in [1.29, 1.82) is 0 Å². The zero-order valence-electron chi connectivity index (χ0n) is 12.3. The summed E-state index contributed by atoms with van der Waals surface area (Å²) in [6.45, 7) is 3.17. The summed E-state index contributed by atoms with van der Waals surface area (Å²) < 4.78 is 10.0. The van der Waals surface area contributed by atoms with Crippen LogP contribution >= 0.6 is 11.6 Å². The lowest BCUT2D eigenvalue weighted by Crippen LogP contribution is -2.31. The van der Waals surface area contributed by atoms with Gasteiger partial charge in [-0.25, -0.2) is 4.79 Å². The van der Waals surface area contributed by atoms with Gasteiger partial charge in [0.2, 0.25) is 5.76 Å². The van der Waals surface area contributed by atoms with Crippen LogP contribution in [0.2, 0.25) is 5.02 Å². The highest BCUT2D eigenvalue weighted by Crippen LogP contribution is 2.17. The van der Waals surface area contributed by atoms with E-state index in [1.807, 2.05) is 13.0 Å². The predicted molar refractivity (Wildman–Crippen MR) is 81.7 cm³/mol. The van der Waals surface area contributed by atoms with E-state index in [0.29, 0.717) is 10.8 Å². The molecule has 1 unspecified atom stereocenters. The van der Waals surface area contributed by atoms with E-state index in [0.717, 1.165) is 5.56 Å². The van der Waals surface area contributed by atoms with Gasteiger partial charge in [0.15, 0.2) is 6.61 Å². The van der Waals surface area contributed by atoms with Gasteiger partial charge in [-0.1, -0.05) is 23.7 Å². The Morgan fingerprint density at radius 1 is 1.32 bits per heavy atom. The minimum Gasteiger partial charge on any atom is -0.454 e. The Bertz CT molecular complexity index is 680. The monoisotopic (exact) mass is 321 g/mol. The van der Waals surface area contributed by atoms with Crippen LogP contribution in [0.4, 0.5) is 0 Å². The number of aryl methyl sites for hydroxylation is 1. The Hall–Kier alpha value is -2.27. The van der Waals surface area contributed by atoms with E-state index in [1.54, 1.807) is 31.2 Å². The van der Waals surface area contributed by atoms with Crippen molar-refractivity contribution >= 4 is 23.5 Å². The number of carbonyl (C=O) groups excluding carboxylic acids is 2. The lowest BCUT2D eigenvalue weighted by Gasteiger charge is -2.14. The Kier molecular flexibility index (Phi) is 5.22. The number of nitrogens with one attached hydrogen (secondary N) is 1. The maximum Gasteiger partial charge on any atom is 0.374 e. The molecule has 2 aromatic rings. The quantitative estimate of drug-likeness (QED) is 0.858. The van der Waals surface area contributed by atoms with Crippen molar-refractivity contribution in [2.75, 3.05) is 6.61 Å². The molecule has 1 atom stereocenters. The molecule has 1 aromatic heterocycles. The average molecular weight is 322 g/mol. The van der Waals surface area contributed by atoms with Gasteiger partial charge < -0.3 is 14.5 Å². The van der Waals surface area contributed by atoms with Crippen molar-refractivity contribution in [3.63, 3.8) is 0 Å². The van der Waals surface area contributed by atoms with Gasteiger partial charge >= 0.3 is 5.97 Å². The maximum absolute atomic E-state index is 11.8. The predicted octanol–water partition coefficient (Wildman–Crippen LogP) is 3.28. The highest BCUT2D eigenvalue weighted by molar-refractivity contribution is 6.30. The third-order valence-electron chi connectivity index (χ3n) is 3.00. The molecule has 22 heavy (non-hydrogen) atoms. The first kappa shape index (κ1) is 16.1. The van der Waals surface area contributed by atoms with E-state index in [2.05, 4.69) is 5.32 Å². The minimum absolute atomic E-state index is 0.0770. The van der Waals surface area contributed by atoms with Crippen molar-refractivity contribution in [1.82, 2.24) is 5.32 Å². The van der Waals surface area contributed by atoms with Gasteiger partial charge in [0.1, 0.15) is 5.76 Å². The van der Waals surface area contributed by atoms with Crippen LogP contribution in [0.1, 0.15) is 34.8 Å². The third kappa shape index (κ3) is 4.36. The van der Waals surface area contributed by atoms with Crippen LogP contribution in [0.5, 0.6) is 0 Å². The summed E-state index contributed by atoms with van der Waals surface area (Å²) in [6, 6.07) is 10.1. The van der Waals surface area contributed by atoms with Gasteiger partial charge in [-0.3, -0.25) is 4.79 Å². The molecule has 6 heteroatoms. The molecule has 116 valence electrons. The number of benzene rings is 1. The third-order valence-corrected chi connectivity index (χ3v) is 3.24. The summed E-state index contributed by atoms with van der Waals surface area (Å²) in [5.74, 6) is -0.387. The molecule has 0 saturated carbocycles. The summed E-state index contributed by atoms with van der Waals surface area (Å²) in [7, 11) is 0. The minimum atomic E-state index is -0.668. The maximum atomic E-state index is 11.8. The molecule has 0 saturated heterocycles. The number of carbonyl (C=O) groups is 2.